The molecule has 0 aliphatic carbocycles. The van der Waals surface area contributed by atoms with Crippen molar-refractivity contribution >= 4 is 27.3 Å². The van der Waals surface area contributed by atoms with Crippen LogP contribution in [0.5, 0.6) is 0 Å². The SMILES string of the molecule is C=COCCCNCc1ccc(Br)s1. The van der Waals surface area contributed by atoms with Crippen LogP contribution in [0.1, 0.15) is 11.3 Å². The van der Waals surface area contributed by atoms with Gasteiger partial charge in [-0.1, -0.05) is 6.58 Å². The maximum absolute atomic E-state index is 5.01. The van der Waals surface area contributed by atoms with Crippen LogP contribution in [0.2, 0.25) is 0 Å². The molecule has 0 unspecified atom stereocenters. The first-order valence-corrected chi connectivity index (χ1v) is 6.11. The molecular formula is C10H14BrNOS. The molecule has 0 atom stereocenters. The molecule has 1 heterocycles. The lowest BCUT2D eigenvalue weighted by Crippen LogP contribution is -2.15. The van der Waals surface area contributed by atoms with Crippen LogP contribution < -0.4 is 5.32 Å². The predicted octanol–water partition coefficient (Wildman–Crippen LogP) is 3.15. The normalized spacial score (nSPS) is 10.1. The fraction of sp³-hybridized carbons (Fsp3) is 0.400. The first-order chi connectivity index (χ1) is 6.83. The van der Waals surface area contributed by atoms with Crippen LogP contribution in [0.15, 0.2) is 28.8 Å². The monoisotopic (exact) mass is 275 g/mol. The first-order valence-electron chi connectivity index (χ1n) is 4.50. The molecule has 0 spiro atoms. The maximum Gasteiger partial charge on any atom is 0.0885 e. The van der Waals surface area contributed by atoms with Gasteiger partial charge in [0.25, 0.3) is 0 Å². The quantitative estimate of drug-likeness (QED) is 0.610. The molecular weight excluding hydrogens is 262 g/mol. The minimum absolute atomic E-state index is 0.741. The van der Waals surface area contributed by atoms with Gasteiger partial charge in [0.15, 0.2) is 0 Å². The van der Waals surface area contributed by atoms with Crippen molar-refractivity contribution < 1.29 is 4.74 Å². The zero-order valence-electron chi connectivity index (χ0n) is 7.96. The Kier molecular flexibility index (Phi) is 5.91. The maximum atomic E-state index is 5.01. The standard InChI is InChI=1S/C10H14BrNOS/c1-2-13-7-3-6-12-8-9-4-5-10(11)14-9/h2,4-5,12H,1,3,6-8H2. The Labute approximate surface area is 97.1 Å². The van der Waals surface area contributed by atoms with Crippen molar-refractivity contribution in [1.82, 2.24) is 5.32 Å². The Morgan fingerprint density at radius 3 is 3.07 bits per heavy atom. The Balaban J connectivity index is 2.01. The molecule has 1 aromatic heterocycles. The summed E-state index contributed by atoms with van der Waals surface area (Å²) in [5.41, 5.74) is 0. The highest BCUT2D eigenvalue weighted by molar-refractivity contribution is 9.11. The van der Waals surface area contributed by atoms with Gasteiger partial charge in [0.2, 0.25) is 0 Å². The average Bonchev–Trinajstić information content (AvgIpc) is 2.58. The van der Waals surface area contributed by atoms with E-state index in [1.165, 1.54) is 14.9 Å². The molecule has 4 heteroatoms. The van der Waals surface area contributed by atoms with Crippen LogP contribution in [-0.4, -0.2) is 13.2 Å². The van der Waals surface area contributed by atoms with Gasteiger partial charge in [-0.2, -0.15) is 0 Å². The number of hydrogen-bond donors (Lipinski definition) is 1. The zero-order valence-corrected chi connectivity index (χ0v) is 10.4. The van der Waals surface area contributed by atoms with Crippen molar-refractivity contribution in [2.75, 3.05) is 13.2 Å². The van der Waals surface area contributed by atoms with Crippen molar-refractivity contribution in [3.05, 3.63) is 33.6 Å². The summed E-state index contributed by atoms with van der Waals surface area (Å²) < 4.78 is 6.19. The van der Waals surface area contributed by atoms with Gasteiger partial charge in [0.1, 0.15) is 0 Å². The average molecular weight is 276 g/mol. The molecule has 1 aromatic rings. The highest BCUT2D eigenvalue weighted by atomic mass is 79.9. The third kappa shape index (κ3) is 4.79. The van der Waals surface area contributed by atoms with Crippen molar-refractivity contribution in [1.29, 1.82) is 0 Å². The van der Waals surface area contributed by atoms with Crippen molar-refractivity contribution in [2.45, 2.75) is 13.0 Å². The molecule has 0 radical (unpaired) electrons. The van der Waals surface area contributed by atoms with Gasteiger partial charge in [0.05, 0.1) is 16.7 Å². The Hall–Kier alpha value is -0.320. The van der Waals surface area contributed by atoms with Gasteiger partial charge < -0.3 is 10.1 Å². The molecule has 0 bridgehead atoms. The van der Waals surface area contributed by atoms with E-state index in [1.807, 2.05) is 0 Å². The number of halogens is 1. The zero-order chi connectivity index (χ0) is 10.2. The molecule has 0 aliphatic heterocycles. The van der Waals surface area contributed by atoms with Crippen LogP contribution in [0.25, 0.3) is 0 Å². The summed E-state index contributed by atoms with van der Waals surface area (Å²) in [6.45, 7) is 6.13. The molecule has 0 saturated carbocycles. The number of rotatable bonds is 7. The van der Waals surface area contributed by atoms with Crippen LogP contribution in [0.4, 0.5) is 0 Å². The summed E-state index contributed by atoms with van der Waals surface area (Å²) in [6.07, 6.45) is 2.49. The van der Waals surface area contributed by atoms with E-state index in [-0.39, 0.29) is 0 Å². The second-order valence-corrected chi connectivity index (χ2v) is 5.32. The lowest BCUT2D eigenvalue weighted by molar-refractivity contribution is 0.244. The fourth-order valence-corrected chi connectivity index (χ4v) is 2.47. The van der Waals surface area contributed by atoms with Gasteiger partial charge in [-0.15, -0.1) is 11.3 Å². The molecule has 0 aliphatic rings. The second-order valence-electron chi connectivity index (χ2n) is 2.77. The second kappa shape index (κ2) is 7.04. The van der Waals surface area contributed by atoms with E-state index in [2.05, 4.69) is 40.0 Å². The minimum Gasteiger partial charge on any atom is -0.502 e. The number of nitrogens with one attached hydrogen (secondary N) is 1. The van der Waals surface area contributed by atoms with Crippen molar-refractivity contribution in [3.63, 3.8) is 0 Å². The molecule has 0 saturated heterocycles. The fourth-order valence-electron chi connectivity index (χ4n) is 1.02. The lowest BCUT2D eigenvalue weighted by atomic mass is 10.4. The van der Waals surface area contributed by atoms with Crippen LogP contribution >= 0.6 is 27.3 Å². The number of ether oxygens (including phenoxy) is 1. The predicted molar refractivity (Wildman–Crippen MR) is 64.5 cm³/mol. The van der Waals surface area contributed by atoms with E-state index < -0.39 is 0 Å². The van der Waals surface area contributed by atoms with Gasteiger partial charge in [0, 0.05) is 11.4 Å². The van der Waals surface area contributed by atoms with Crippen molar-refractivity contribution in [2.24, 2.45) is 0 Å². The molecule has 0 amide bonds. The topological polar surface area (TPSA) is 21.3 Å². The molecule has 78 valence electrons. The Morgan fingerprint density at radius 1 is 1.57 bits per heavy atom. The highest BCUT2D eigenvalue weighted by Gasteiger charge is 1.96. The summed E-state index contributed by atoms with van der Waals surface area (Å²) in [7, 11) is 0. The van der Waals surface area contributed by atoms with Crippen LogP contribution in [0, 0.1) is 0 Å². The minimum atomic E-state index is 0.741. The smallest absolute Gasteiger partial charge is 0.0885 e. The van der Waals surface area contributed by atoms with Crippen LogP contribution in [-0.2, 0) is 11.3 Å². The highest BCUT2D eigenvalue weighted by Crippen LogP contribution is 2.21. The van der Waals surface area contributed by atoms with Gasteiger partial charge in [-0.3, -0.25) is 0 Å². The molecule has 1 N–H and O–H groups in total. The number of thiophene rings is 1. The van der Waals surface area contributed by atoms with E-state index >= 15 is 0 Å². The summed E-state index contributed by atoms with van der Waals surface area (Å²) >= 11 is 5.20. The molecule has 0 aromatic carbocycles. The Morgan fingerprint density at radius 2 is 2.43 bits per heavy atom. The summed E-state index contributed by atoms with van der Waals surface area (Å²) in [5.74, 6) is 0. The Bertz CT molecular complexity index is 275. The van der Waals surface area contributed by atoms with E-state index in [0.717, 1.165) is 26.1 Å². The number of hydrogen-bond acceptors (Lipinski definition) is 3. The summed E-state index contributed by atoms with van der Waals surface area (Å²) in [6, 6.07) is 4.20. The first kappa shape index (κ1) is 11.8. The van der Waals surface area contributed by atoms with Crippen molar-refractivity contribution in [3.8, 4) is 0 Å². The third-order valence-electron chi connectivity index (χ3n) is 1.66. The van der Waals surface area contributed by atoms with E-state index in [9.17, 15) is 0 Å². The largest absolute Gasteiger partial charge is 0.502 e. The molecule has 14 heavy (non-hydrogen) atoms. The van der Waals surface area contributed by atoms with E-state index in [0.29, 0.717) is 0 Å². The molecule has 0 fully saturated rings. The molecule has 1 rings (SSSR count). The van der Waals surface area contributed by atoms with Crippen LogP contribution in [0.3, 0.4) is 0 Å². The van der Waals surface area contributed by atoms with E-state index in [4.69, 9.17) is 4.74 Å². The van der Waals surface area contributed by atoms with Gasteiger partial charge in [-0.05, 0) is 41.0 Å². The van der Waals surface area contributed by atoms with Gasteiger partial charge in [-0.25, -0.2) is 0 Å². The molecule has 2 nitrogen and oxygen atoms in total. The summed E-state index contributed by atoms with van der Waals surface area (Å²) in [4.78, 5) is 1.35. The lowest BCUT2D eigenvalue weighted by Gasteiger charge is -2.02. The summed E-state index contributed by atoms with van der Waals surface area (Å²) in [5, 5.41) is 3.35. The van der Waals surface area contributed by atoms with Gasteiger partial charge >= 0.3 is 0 Å². The third-order valence-corrected chi connectivity index (χ3v) is 3.29. The van der Waals surface area contributed by atoms with E-state index in [1.54, 1.807) is 11.3 Å².